The van der Waals surface area contributed by atoms with Crippen molar-refractivity contribution in [2.75, 3.05) is 44.6 Å². The number of nitrogens with one attached hydrogen (secondary N) is 1. The Labute approximate surface area is 168 Å². The average Bonchev–Trinajstić information content (AvgIpc) is 3.16. The predicted molar refractivity (Wildman–Crippen MR) is 109 cm³/mol. The summed E-state index contributed by atoms with van der Waals surface area (Å²) < 4.78 is 16.6. The molecule has 1 aromatic heterocycles. The summed E-state index contributed by atoms with van der Waals surface area (Å²) >= 11 is 1.66. The van der Waals surface area contributed by atoms with Gasteiger partial charge in [-0.25, -0.2) is 4.98 Å². The second-order valence-corrected chi connectivity index (χ2v) is 7.99. The van der Waals surface area contributed by atoms with E-state index in [1.54, 1.807) is 32.7 Å². The number of rotatable bonds is 5. The molecule has 1 N–H and O–H groups in total. The van der Waals surface area contributed by atoms with Gasteiger partial charge >= 0.3 is 0 Å². The molecule has 0 spiro atoms. The van der Waals surface area contributed by atoms with Crippen LogP contribution < -0.4 is 24.4 Å². The number of carbonyl (C=O) groups is 1. The molecule has 7 nitrogen and oxygen atoms in total. The van der Waals surface area contributed by atoms with E-state index in [2.05, 4.69) is 10.2 Å². The van der Waals surface area contributed by atoms with E-state index in [0.717, 1.165) is 28.7 Å². The van der Waals surface area contributed by atoms with E-state index in [1.807, 2.05) is 12.1 Å². The first kappa shape index (κ1) is 18.9. The van der Waals surface area contributed by atoms with Crippen LogP contribution in [-0.2, 0) is 4.79 Å². The van der Waals surface area contributed by atoms with E-state index in [9.17, 15) is 4.79 Å². The number of piperidine rings is 1. The highest BCUT2D eigenvalue weighted by Gasteiger charge is 2.34. The number of hydrogen-bond acceptors (Lipinski definition) is 7. The molecule has 2 aromatic rings. The molecular weight excluding hydrogens is 378 g/mol. The highest BCUT2D eigenvalue weighted by atomic mass is 32.1. The van der Waals surface area contributed by atoms with Crippen LogP contribution in [0.1, 0.15) is 42.0 Å². The standard InChI is InChI=1S/C20H25N3O4S/c1-25-14-8-7-12(16(26-2)17(14)27-3)13-11-15(24)21-19-18(13)28-20(22-19)23-9-5-4-6-10-23/h7-8,13H,4-6,9-11H2,1-3H3,(H,21,24)/t13-/m1/s1. The topological polar surface area (TPSA) is 72.9 Å². The van der Waals surface area contributed by atoms with Crippen LogP contribution in [0.4, 0.5) is 10.9 Å². The van der Waals surface area contributed by atoms with Gasteiger partial charge in [0, 0.05) is 31.0 Å². The lowest BCUT2D eigenvalue weighted by molar-refractivity contribution is -0.116. The summed E-state index contributed by atoms with van der Waals surface area (Å²) in [6, 6.07) is 3.81. The molecule has 1 amide bonds. The van der Waals surface area contributed by atoms with Crippen molar-refractivity contribution in [1.82, 2.24) is 4.98 Å². The summed E-state index contributed by atoms with van der Waals surface area (Å²) in [5, 5.41) is 3.93. The normalized spacial score (nSPS) is 19.0. The predicted octanol–water partition coefficient (Wildman–Crippen LogP) is 3.63. The maximum absolute atomic E-state index is 12.4. The lowest BCUT2D eigenvalue weighted by Gasteiger charge is -2.26. The van der Waals surface area contributed by atoms with E-state index < -0.39 is 0 Å². The van der Waals surface area contributed by atoms with Crippen molar-refractivity contribution in [3.8, 4) is 17.2 Å². The first-order valence-corrected chi connectivity index (χ1v) is 10.3. The molecule has 0 saturated carbocycles. The van der Waals surface area contributed by atoms with Crippen LogP contribution in [-0.4, -0.2) is 45.3 Å². The SMILES string of the molecule is COc1ccc([C@H]2CC(=O)Nc3nc(N4CCCCC4)sc32)c(OC)c1OC. The van der Waals surface area contributed by atoms with Crippen LogP contribution >= 0.6 is 11.3 Å². The fourth-order valence-corrected chi connectivity index (χ4v) is 5.17. The second kappa shape index (κ2) is 7.87. The van der Waals surface area contributed by atoms with Gasteiger partial charge < -0.3 is 24.4 Å². The molecule has 1 atom stereocenters. The highest BCUT2D eigenvalue weighted by molar-refractivity contribution is 7.16. The molecule has 4 rings (SSSR count). The third kappa shape index (κ3) is 3.26. The fourth-order valence-electron chi connectivity index (χ4n) is 3.98. The van der Waals surface area contributed by atoms with Crippen LogP contribution in [0.3, 0.4) is 0 Å². The Bertz CT molecular complexity index is 877. The molecule has 0 unspecified atom stereocenters. The Hall–Kier alpha value is -2.48. The molecule has 0 aliphatic carbocycles. The number of thiazole rings is 1. The van der Waals surface area contributed by atoms with E-state index >= 15 is 0 Å². The van der Waals surface area contributed by atoms with Gasteiger partial charge in [0.2, 0.25) is 11.7 Å². The number of hydrogen-bond donors (Lipinski definition) is 1. The molecular formula is C20H25N3O4S. The molecule has 150 valence electrons. The van der Waals surface area contributed by atoms with Gasteiger partial charge in [0.1, 0.15) is 5.82 Å². The van der Waals surface area contributed by atoms with Crippen LogP contribution in [0, 0.1) is 0 Å². The monoisotopic (exact) mass is 403 g/mol. The summed E-state index contributed by atoms with van der Waals surface area (Å²) in [5.74, 6) is 2.24. The summed E-state index contributed by atoms with van der Waals surface area (Å²) in [6.45, 7) is 2.04. The summed E-state index contributed by atoms with van der Waals surface area (Å²) in [5.41, 5.74) is 0.907. The van der Waals surface area contributed by atoms with Crippen LogP contribution in [0.15, 0.2) is 12.1 Å². The maximum atomic E-state index is 12.4. The third-order valence-corrected chi connectivity index (χ3v) is 6.57. The largest absolute Gasteiger partial charge is 0.493 e. The van der Waals surface area contributed by atoms with Gasteiger partial charge in [-0.1, -0.05) is 17.4 Å². The molecule has 1 aromatic carbocycles. The number of nitrogens with zero attached hydrogens (tertiary/aromatic N) is 2. The number of methoxy groups -OCH3 is 3. The van der Waals surface area contributed by atoms with Crippen molar-refractivity contribution >= 4 is 28.2 Å². The Balaban J connectivity index is 1.77. The summed E-state index contributed by atoms with van der Waals surface area (Å²) in [4.78, 5) is 20.5. The highest BCUT2D eigenvalue weighted by Crippen LogP contribution is 2.49. The van der Waals surface area contributed by atoms with E-state index in [1.165, 1.54) is 19.3 Å². The van der Waals surface area contributed by atoms with Gasteiger partial charge in [0.05, 0.1) is 26.2 Å². The number of fused-ring (bicyclic) bond motifs is 1. The van der Waals surface area contributed by atoms with Gasteiger partial charge in [-0.15, -0.1) is 0 Å². The molecule has 1 fully saturated rings. The number of amides is 1. The van der Waals surface area contributed by atoms with Crippen molar-refractivity contribution in [3.63, 3.8) is 0 Å². The first-order chi connectivity index (χ1) is 13.7. The van der Waals surface area contributed by atoms with Gasteiger partial charge in [0.25, 0.3) is 0 Å². The van der Waals surface area contributed by atoms with Gasteiger partial charge in [0.15, 0.2) is 16.6 Å². The number of anilines is 2. The summed E-state index contributed by atoms with van der Waals surface area (Å²) in [6.07, 6.45) is 3.98. The van der Waals surface area contributed by atoms with E-state index in [0.29, 0.717) is 29.5 Å². The number of benzene rings is 1. The molecule has 28 heavy (non-hydrogen) atoms. The number of carbonyl (C=O) groups excluding carboxylic acids is 1. The molecule has 0 bridgehead atoms. The van der Waals surface area contributed by atoms with Crippen molar-refractivity contribution in [2.45, 2.75) is 31.6 Å². The van der Waals surface area contributed by atoms with Gasteiger partial charge in [-0.3, -0.25) is 4.79 Å². The maximum Gasteiger partial charge on any atom is 0.226 e. The Morgan fingerprint density at radius 3 is 2.50 bits per heavy atom. The quantitative estimate of drug-likeness (QED) is 0.822. The Kier molecular flexibility index (Phi) is 5.30. The van der Waals surface area contributed by atoms with Crippen molar-refractivity contribution in [3.05, 3.63) is 22.6 Å². The number of aromatic nitrogens is 1. The zero-order valence-electron chi connectivity index (χ0n) is 16.4. The van der Waals surface area contributed by atoms with Gasteiger partial charge in [-0.05, 0) is 25.3 Å². The van der Waals surface area contributed by atoms with Crippen LogP contribution in [0.5, 0.6) is 17.2 Å². The van der Waals surface area contributed by atoms with E-state index in [-0.39, 0.29) is 11.8 Å². The zero-order chi connectivity index (χ0) is 19.7. The zero-order valence-corrected chi connectivity index (χ0v) is 17.2. The lowest BCUT2D eigenvalue weighted by atomic mass is 9.90. The smallest absolute Gasteiger partial charge is 0.226 e. The molecule has 8 heteroatoms. The second-order valence-electron chi connectivity index (χ2n) is 6.99. The van der Waals surface area contributed by atoms with Gasteiger partial charge in [-0.2, -0.15) is 0 Å². The fraction of sp³-hybridized carbons (Fsp3) is 0.500. The van der Waals surface area contributed by atoms with E-state index in [4.69, 9.17) is 19.2 Å². The Morgan fingerprint density at radius 2 is 1.82 bits per heavy atom. The van der Waals surface area contributed by atoms with Crippen LogP contribution in [0.2, 0.25) is 0 Å². The van der Waals surface area contributed by atoms with Crippen molar-refractivity contribution in [1.29, 1.82) is 0 Å². The first-order valence-electron chi connectivity index (χ1n) is 9.50. The minimum absolute atomic E-state index is 0.0372. The molecule has 2 aliphatic heterocycles. The van der Waals surface area contributed by atoms with Crippen LogP contribution in [0.25, 0.3) is 0 Å². The van der Waals surface area contributed by atoms with Crippen molar-refractivity contribution < 1.29 is 19.0 Å². The molecule has 1 saturated heterocycles. The minimum Gasteiger partial charge on any atom is -0.493 e. The molecule has 2 aliphatic rings. The Morgan fingerprint density at radius 1 is 1.07 bits per heavy atom. The minimum atomic E-state index is -0.130. The lowest BCUT2D eigenvalue weighted by Crippen LogP contribution is -2.29. The third-order valence-electron chi connectivity index (χ3n) is 5.34. The molecule has 0 radical (unpaired) electrons. The summed E-state index contributed by atoms with van der Waals surface area (Å²) in [7, 11) is 4.79. The average molecular weight is 404 g/mol. The van der Waals surface area contributed by atoms with Crippen molar-refractivity contribution in [2.24, 2.45) is 0 Å². The number of ether oxygens (including phenoxy) is 3. The molecule has 3 heterocycles.